The molecule has 1 aromatic heterocycles. The second-order valence-corrected chi connectivity index (χ2v) is 6.83. The highest BCUT2D eigenvalue weighted by atomic mass is 35.5. The molecule has 0 bridgehead atoms. The Kier molecular flexibility index (Phi) is 4.57. The molecule has 0 spiro atoms. The molecule has 4 rings (SSSR count). The van der Waals surface area contributed by atoms with Gasteiger partial charge in [-0.1, -0.05) is 17.7 Å². The highest BCUT2D eigenvalue weighted by Crippen LogP contribution is 2.34. The fourth-order valence-electron chi connectivity index (χ4n) is 3.31. The molecule has 1 saturated heterocycles. The molecule has 5 nitrogen and oxygen atoms in total. The minimum absolute atomic E-state index is 0.246. The van der Waals surface area contributed by atoms with Crippen LogP contribution in [0.3, 0.4) is 0 Å². The van der Waals surface area contributed by atoms with Gasteiger partial charge in [-0.2, -0.15) is 0 Å². The Morgan fingerprint density at radius 2 is 2.00 bits per heavy atom. The van der Waals surface area contributed by atoms with Gasteiger partial charge in [-0.25, -0.2) is 4.42 Å². The second-order valence-electron chi connectivity index (χ2n) is 6.50. The summed E-state index contributed by atoms with van der Waals surface area (Å²) in [7, 11) is 0. The number of nitrogens with zero attached hydrogens (tertiary/aromatic N) is 2. The van der Waals surface area contributed by atoms with Gasteiger partial charge in [-0.15, -0.1) is 0 Å². The number of furan rings is 1. The van der Waals surface area contributed by atoms with Crippen LogP contribution in [0.4, 0.5) is 11.4 Å². The Balaban J connectivity index is 1.72. The smallest absolute Gasteiger partial charge is 0.272 e. The van der Waals surface area contributed by atoms with E-state index in [-0.39, 0.29) is 5.91 Å². The summed E-state index contributed by atoms with van der Waals surface area (Å²) in [5, 5.41) is 4.28. The molecule has 134 valence electrons. The van der Waals surface area contributed by atoms with Crippen LogP contribution >= 0.6 is 11.8 Å². The zero-order chi connectivity index (χ0) is 18.1. The van der Waals surface area contributed by atoms with Crippen LogP contribution in [0.2, 0.25) is 0 Å². The van der Waals surface area contributed by atoms with E-state index in [9.17, 15) is 4.79 Å². The van der Waals surface area contributed by atoms with Gasteiger partial charge in [0.25, 0.3) is 5.91 Å². The largest absolute Gasteiger partial charge is 0.462 e. The molecule has 26 heavy (non-hydrogen) atoms. The van der Waals surface area contributed by atoms with Gasteiger partial charge in [0.1, 0.15) is 0 Å². The molecule has 6 heteroatoms. The third-order valence-electron chi connectivity index (χ3n) is 4.64. The second kappa shape index (κ2) is 7.02. The van der Waals surface area contributed by atoms with Gasteiger partial charge in [0, 0.05) is 48.9 Å². The molecule has 1 aliphatic rings. The van der Waals surface area contributed by atoms with Crippen LogP contribution in [-0.2, 0) is 0 Å². The average molecular weight is 370 g/mol. The molecule has 0 saturated carbocycles. The number of amides is 1. The lowest BCUT2D eigenvalue weighted by molar-refractivity contribution is 0.101. The van der Waals surface area contributed by atoms with Gasteiger partial charge in [0.15, 0.2) is 5.58 Å². The van der Waals surface area contributed by atoms with E-state index in [1.165, 1.54) is 4.42 Å². The van der Waals surface area contributed by atoms with Crippen molar-refractivity contribution < 1.29 is 9.21 Å². The summed E-state index contributed by atoms with van der Waals surface area (Å²) >= 11 is 6.44. The van der Waals surface area contributed by atoms with Crippen molar-refractivity contribution in [3.63, 3.8) is 0 Å². The first-order chi connectivity index (χ1) is 12.6. The van der Waals surface area contributed by atoms with Gasteiger partial charge in [-0.05, 0) is 37.3 Å². The van der Waals surface area contributed by atoms with Crippen LogP contribution in [0.15, 0.2) is 53.1 Å². The molecule has 0 atom stereocenters. The van der Waals surface area contributed by atoms with Crippen molar-refractivity contribution >= 4 is 40.0 Å². The number of fused-ring (bicyclic) bond motifs is 1. The molecular weight excluding hydrogens is 350 g/mol. The SMILES string of the molecule is Cc1cccc(C(=O)N(Cl)c2cc(N3CCNCC3)c3occc3c2)c1. The van der Waals surface area contributed by atoms with Crippen molar-refractivity contribution in [3.05, 3.63) is 59.9 Å². The van der Waals surface area contributed by atoms with Crippen molar-refractivity contribution in [2.75, 3.05) is 35.5 Å². The topological polar surface area (TPSA) is 48.7 Å². The zero-order valence-electron chi connectivity index (χ0n) is 14.5. The van der Waals surface area contributed by atoms with Crippen molar-refractivity contribution in [1.29, 1.82) is 0 Å². The standard InChI is InChI=1S/C20H20ClN3O2/c1-14-3-2-4-16(11-14)20(25)24(21)17-12-15-5-10-26-19(15)18(13-17)23-8-6-22-7-9-23/h2-5,10-13,22H,6-9H2,1H3. The highest BCUT2D eigenvalue weighted by molar-refractivity contribution is 6.39. The summed E-state index contributed by atoms with van der Waals surface area (Å²) in [5.74, 6) is -0.246. The van der Waals surface area contributed by atoms with Gasteiger partial charge >= 0.3 is 0 Å². The third kappa shape index (κ3) is 3.16. The van der Waals surface area contributed by atoms with Crippen molar-refractivity contribution in [2.24, 2.45) is 0 Å². The molecule has 0 unspecified atom stereocenters. The van der Waals surface area contributed by atoms with E-state index in [0.717, 1.165) is 48.4 Å². The Hall–Kier alpha value is -2.50. The predicted octanol–water partition coefficient (Wildman–Crippen LogP) is 3.95. The van der Waals surface area contributed by atoms with Crippen molar-refractivity contribution in [2.45, 2.75) is 6.92 Å². The quantitative estimate of drug-likeness (QED) is 0.710. The van der Waals surface area contributed by atoms with E-state index < -0.39 is 0 Å². The summed E-state index contributed by atoms with van der Waals surface area (Å²) in [6, 6.07) is 13.1. The maximum absolute atomic E-state index is 12.8. The summed E-state index contributed by atoms with van der Waals surface area (Å²) in [6.07, 6.45) is 1.67. The molecule has 0 aliphatic carbocycles. The number of hydrogen-bond donors (Lipinski definition) is 1. The molecular formula is C20H20ClN3O2. The number of benzene rings is 2. The molecule has 2 aromatic carbocycles. The lowest BCUT2D eigenvalue weighted by atomic mass is 10.1. The minimum Gasteiger partial charge on any atom is -0.462 e. The lowest BCUT2D eigenvalue weighted by Crippen LogP contribution is -2.43. The summed E-state index contributed by atoms with van der Waals surface area (Å²) < 4.78 is 6.88. The minimum atomic E-state index is -0.246. The van der Waals surface area contributed by atoms with Crippen LogP contribution in [0.25, 0.3) is 11.0 Å². The fourth-order valence-corrected chi connectivity index (χ4v) is 3.51. The molecule has 0 radical (unpaired) electrons. The Morgan fingerprint density at radius 1 is 1.19 bits per heavy atom. The molecule has 1 fully saturated rings. The number of aryl methyl sites for hydroxylation is 1. The number of rotatable bonds is 3. The number of nitrogens with one attached hydrogen (secondary N) is 1. The Labute approximate surface area is 157 Å². The van der Waals surface area contributed by atoms with Gasteiger partial charge in [0.05, 0.1) is 17.6 Å². The Bertz CT molecular complexity index is 947. The van der Waals surface area contributed by atoms with Crippen LogP contribution in [0.5, 0.6) is 0 Å². The predicted molar refractivity (Wildman–Crippen MR) is 105 cm³/mol. The summed E-state index contributed by atoms with van der Waals surface area (Å²) in [6.45, 7) is 5.55. The van der Waals surface area contributed by atoms with E-state index in [0.29, 0.717) is 11.3 Å². The van der Waals surface area contributed by atoms with E-state index in [1.807, 2.05) is 43.3 Å². The van der Waals surface area contributed by atoms with Crippen LogP contribution in [0, 0.1) is 6.92 Å². The lowest BCUT2D eigenvalue weighted by Gasteiger charge is -2.30. The molecule has 3 aromatic rings. The third-order valence-corrected chi connectivity index (χ3v) is 4.99. The number of carbonyl (C=O) groups excluding carboxylic acids is 1. The first kappa shape index (κ1) is 16.9. The van der Waals surface area contributed by atoms with Gasteiger partial charge in [0.2, 0.25) is 0 Å². The normalized spacial score (nSPS) is 14.6. The van der Waals surface area contributed by atoms with Crippen LogP contribution in [-0.4, -0.2) is 32.1 Å². The van der Waals surface area contributed by atoms with Crippen LogP contribution < -0.4 is 14.6 Å². The Morgan fingerprint density at radius 3 is 2.77 bits per heavy atom. The number of piperazine rings is 1. The number of carbonyl (C=O) groups is 1. The van der Waals surface area contributed by atoms with Crippen LogP contribution in [0.1, 0.15) is 15.9 Å². The van der Waals surface area contributed by atoms with E-state index in [4.69, 9.17) is 16.2 Å². The first-order valence-electron chi connectivity index (χ1n) is 8.67. The molecule has 1 N–H and O–H groups in total. The van der Waals surface area contributed by atoms with E-state index in [2.05, 4.69) is 10.2 Å². The van der Waals surface area contributed by atoms with Gasteiger partial charge in [-0.3, -0.25) is 4.79 Å². The number of anilines is 2. The average Bonchev–Trinajstić information content (AvgIpc) is 3.15. The highest BCUT2D eigenvalue weighted by Gasteiger charge is 2.21. The molecule has 2 heterocycles. The number of hydrogen-bond acceptors (Lipinski definition) is 4. The van der Waals surface area contributed by atoms with Gasteiger partial charge < -0.3 is 14.6 Å². The van der Waals surface area contributed by atoms with E-state index in [1.54, 1.807) is 12.3 Å². The molecule has 1 amide bonds. The maximum Gasteiger partial charge on any atom is 0.272 e. The van der Waals surface area contributed by atoms with Crippen molar-refractivity contribution in [1.82, 2.24) is 5.32 Å². The van der Waals surface area contributed by atoms with E-state index >= 15 is 0 Å². The summed E-state index contributed by atoms with van der Waals surface area (Å²) in [4.78, 5) is 15.1. The maximum atomic E-state index is 12.8. The first-order valence-corrected chi connectivity index (χ1v) is 9.01. The van der Waals surface area contributed by atoms with Crippen molar-refractivity contribution in [3.8, 4) is 0 Å². The number of halogens is 1. The summed E-state index contributed by atoms with van der Waals surface area (Å²) in [5.41, 5.74) is 4.01. The molecule has 1 aliphatic heterocycles. The monoisotopic (exact) mass is 369 g/mol. The fraction of sp³-hybridized carbons (Fsp3) is 0.250. The zero-order valence-corrected chi connectivity index (χ0v) is 15.3.